The van der Waals surface area contributed by atoms with Crippen molar-refractivity contribution in [3.63, 3.8) is 0 Å². The number of hydrogen-bond donors (Lipinski definition) is 1. The summed E-state index contributed by atoms with van der Waals surface area (Å²) >= 11 is 10.3. The summed E-state index contributed by atoms with van der Waals surface area (Å²) in [5, 5.41) is 2.55. The Morgan fingerprint density at radius 2 is 1.93 bits per heavy atom. The van der Waals surface area contributed by atoms with E-state index in [1.54, 1.807) is 24.3 Å². The van der Waals surface area contributed by atoms with Crippen molar-refractivity contribution in [2.24, 2.45) is 0 Å². The van der Waals surface area contributed by atoms with E-state index < -0.39 is 5.91 Å². The van der Waals surface area contributed by atoms with Crippen molar-refractivity contribution >= 4 is 56.5 Å². The first kappa shape index (κ1) is 19.8. The normalized spacial score (nSPS) is 15.1. The lowest BCUT2D eigenvalue weighted by atomic mass is 10.2. The van der Waals surface area contributed by atoms with Gasteiger partial charge in [0.25, 0.3) is 11.1 Å². The van der Waals surface area contributed by atoms with Gasteiger partial charge in [0.05, 0.1) is 4.91 Å². The van der Waals surface area contributed by atoms with E-state index in [0.29, 0.717) is 34.5 Å². The summed E-state index contributed by atoms with van der Waals surface area (Å²) in [5.74, 6) is 0.905. The average Bonchev–Trinajstić information content (AvgIpc) is 2.93. The molecule has 1 aliphatic heterocycles. The average molecular weight is 469 g/mol. The van der Waals surface area contributed by atoms with E-state index in [-0.39, 0.29) is 5.24 Å². The fourth-order valence-electron chi connectivity index (χ4n) is 2.34. The van der Waals surface area contributed by atoms with Gasteiger partial charge < -0.3 is 9.47 Å². The van der Waals surface area contributed by atoms with Crippen LogP contribution in [0.4, 0.5) is 4.79 Å². The SMILES string of the molecule is Cc1cc(OCCOc2ccc(Br)cc2C=C2SC(=O)NC2=O)ccc1Cl. The standard InChI is InChI=1S/C19H15BrClNO4S/c1-11-8-14(3-4-15(11)21)25-6-7-26-16-5-2-13(20)9-12(16)10-17-18(23)22-19(24)27-17/h2-5,8-10H,6-7H2,1H3,(H,22,23,24). The lowest BCUT2D eigenvalue weighted by molar-refractivity contribution is -0.115. The largest absolute Gasteiger partial charge is 0.490 e. The molecule has 8 heteroatoms. The molecule has 0 saturated carbocycles. The van der Waals surface area contributed by atoms with Gasteiger partial charge in [-0.2, -0.15) is 0 Å². The third-order valence-corrected chi connectivity index (χ3v) is 5.37. The fourth-order valence-corrected chi connectivity index (χ4v) is 3.51. The number of hydrogen-bond acceptors (Lipinski definition) is 5. The molecule has 1 fully saturated rings. The highest BCUT2D eigenvalue weighted by atomic mass is 79.9. The van der Waals surface area contributed by atoms with Gasteiger partial charge in [-0.15, -0.1) is 0 Å². The highest BCUT2D eigenvalue weighted by Crippen LogP contribution is 2.31. The summed E-state index contributed by atoms with van der Waals surface area (Å²) in [6.07, 6.45) is 1.63. The Bertz CT molecular complexity index is 932. The summed E-state index contributed by atoms with van der Waals surface area (Å²) in [5.41, 5.74) is 1.64. The number of thioether (sulfide) groups is 1. The molecular formula is C19H15BrClNO4S. The number of rotatable bonds is 6. The van der Waals surface area contributed by atoms with E-state index >= 15 is 0 Å². The number of carbonyl (C=O) groups excluding carboxylic acids is 2. The molecule has 1 aliphatic rings. The Labute approximate surface area is 174 Å². The van der Waals surface area contributed by atoms with Crippen LogP contribution in [0, 0.1) is 6.92 Å². The number of benzene rings is 2. The Balaban J connectivity index is 1.65. The van der Waals surface area contributed by atoms with Crippen LogP contribution in [0.5, 0.6) is 11.5 Å². The molecule has 0 unspecified atom stereocenters. The van der Waals surface area contributed by atoms with E-state index in [2.05, 4.69) is 21.2 Å². The summed E-state index contributed by atoms with van der Waals surface area (Å²) in [6, 6.07) is 10.9. The van der Waals surface area contributed by atoms with Gasteiger partial charge in [-0.25, -0.2) is 0 Å². The van der Waals surface area contributed by atoms with Crippen LogP contribution in [0.15, 0.2) is 45.8 Å². The summed E-state index contributed by atoms with van der Waals surface area (Å²) < 4.78 is 12.3. The first-order valence-corrected chi connectivity index (χ1v) is 9.97. The van der Waals surface area contributed by atoms with Gasteiger partial charge in [-0.05, 0) is 66.7 Å². The maximum absolute atomic E-state index is 11.8. The molecule has 1 saturated heterocycles. The lowest BCUT2D eigenvalue weighted by Crippen LogP contribution is -2.17. The van der Waals surface area contributed by atoms with Gasteiger partial charge in [-0.3, -0.25) is 14.9 Å². The number of amides is 2. The van der Waals surface area contributed by atoms with E-state index in [4.69, 9.17) is 21.1 Å². The minimum atomic E-state index is -0.405. The van der Waals surface area contributed by atoms with Crippen molar-refractivity contribution in [1.29, 1.82) is 0 Å². The third-order valence-electron chi connectivity index (χ3n) is 3.64. The number of nitrogens with one attached hydrogen (secondary N) is 1. The highest BCUT2D eigenvalue weighted by molar-refractivity contribution is 9.10. The number of aryl methyl sites for hydroxylation is 1. The van der Waals surface area contributed by atoms with Crippen LogP contribution in [0.25, 0.3) is 6.08 Å². The second-order valence-electron chi connectivity index (χ2n) is 5.64. The first-order chi connectivity index (χ1) is 12.9. The topological polar surface area (TPSA) is 64.6 Å². The maximum Gasteiger partial charge on any atom is 0.290 e. The van der Waals surface area contributed by atoms with Crippen LogP contribution in [0.1, 0.15) is 11.1 Å². The molecule has 140 valence electrons. The molecular weight excluding hydrogens is 454 g/mol. The number of carbonyl (C=O) groups is 2. The Kier molecular flexibility index (Phi) is 6.46. The zero-order valence-corrected chi connectivity index (χ0v) is 17.4. The van der Waals surface area contributed by atoms with E-state index in [1.165, 1.54) is 0 Å². The van der Waals surface area contributed by atoms with Crippen LogP contribution in [-0.4, -0.2) is 24.4 Å². The molecule has 0 radical (unpaired) electrons. The Morgan fingerprint density at radius 3 is 2.63 bits per heavy atom. The van der Waals surface area contributed by atoms with E-state index in [0.717, 1.165) is 27.5 Å². The molecule has 1 N–H and O–H groups in total. The number of halogens is 2. The minimum absolute atomic E-state index is 0.317. The molecule has 0 spiro atoms. The maximum atomic E-state index is 11.8. The van der Waals surface area contributed by atoms with Gasteiger partial charge in [-0.1, -0.05) is 27.5 Å². The number of ether oxygens (including phenoxy) is 2. The van der Waals surface area contributed by atoms with Gasteiger partial charge in [0.1, 0.15) is 24.7 Å². The molecule has 3 rings (SSSR count). The van der Waals surface area contributed by atoms with Gasteiger partial charge in [0.2, 0.25) is 0 Å². The second kappa shape index (κ2) is 8.82. The molecule has 2 aromatic rings. The molecule has 2 aromatic carbocycles. The molecule has 0 aliphatic carbocycles. The fraction of sp³-hybridized carbons (Fsp3) is 0.158. The minimum Gasteiger partial charge on any atom is -0.490 e. The van der Waals surface area contributed by atoms with Crippen LogP contribution in [-0.2, 0) is 4.79 Å². The van der Waals surface area contributed by atoms with Crippen LogP contribution < -0.4 is 14.8 Å². The molecule has 0 atom stereocenters. The molecule has 27 heavy (non-hydrogen) atoms. The zero-order valence-electron chi connectivity index (χ0n) is 14.3. The molecule has 0 bridgehead atoms. The van der Waals surface area contributed by atoms with Crippen molar-refractivity contribution in [3.8, 4) is 11.5 Å². The summed E-state index contributed by atoms with van der Waals surface area (Å²) in [4.78, 5) is 23.4. The lowest BCUT2D eigenvalue weighted by Gasteiger charge is -2.12. The molecule has 5 nitrogen and oxygen atoms in total. The zero-order chi connectivity index (χ0) is 19.4. The van der Waals surface area contributed by atoms with Crippen molar-refractivity contribution in [1.82, 2.24) is 5.32 Å². The van der Waals surface area contributed by atoms with Crippen molar-refractivity contribution < 1.29 is 19.1 Å². The van der Waals surface area contributed by atoms with E-state index in [1.807, 2.05) is 25.1 Å². The number of imide groups is 1. The monoisotopic (exact) mass is 467 g/mol. The van der Waals surface area contributed by atoms with Gasteiger partial charge >= 0.3 is 0 Å². The Morgan fingerprint density at radius 1 is 1.15 bits per heavy atom. The summed E-state index contributed by atoms with van der Waals surface area (Å²) in [6.45, 7) is 2.58. The van der Waals surface area contributed by atoms with Crippen molar-refractivity contribution in [2.45, 2.75) is 6.92 Å². The van der Waals surface area contributed by atoms with Gasteiger partial charge in [0, 0.05) is 15.1 Å². The van der Waals surface area contributed by atoms with Crippen LogP contribution in [0.3, 0.4) is 0 Å². The van der Waals surface area contributed by atoms with Crippen LogP contribution in [0.2, 0.25) is 5.02 Å². The van der Waals surface area contributed by atoms with E-state index in [9.17, 15) is 9.59 Å². The predicted octanol–water partition coefficient (Wildman–Crippen LogP) is 5.19. The van der Waals surface area contributed by atoms with Crippen molar-refractivity contribution in [2.75, 3.05) is 13.2 Å². The third kappa shape index (κ3) is 5.28. The summed E-state index contributed by atoms with van der Waals surface area (Å²) in [7, 11) is 0. The first-order valence-electron chi connectivity index (χ1n) is 7.98. The molecule has 1 heterocycles. The van der Waals surface area contributed by atoms with Crippen LogP contribution >= 0.6 is 39.3 Å². The quantitative estimate of drug-likeness (QED) is 0.467. The van der Waals surface area contributed by atoms with Gasteiger partial charge in [0.15, 0.2) is 0 Å². The molecule has 0 aromatic heterocycles. The Hall–Kier alpha value is -1.96. The van der Waals surface area contributed by atoms with Crippen molar-refractivity contribution in [3.05, 3.63) is 61.9 Å². The second-order valence-corrected chi connectivity index (χ2v) is 7.98. The molecule has 2 amide bonds. The highest BCUT2D eigenvalue weighted by Gasteiger charge is 2.25. The smallest absolute Gasteiger partial charge is 0.290 e. The predicted molar refractivity (Wildman–Crippen MR) is 110 cm³/mol.